The first-order valence-electron chi connectivity index (χ1n) is 3.72. The van der Waals surface area contributed by atoms with Crippen molar-refractivity contribution in [2.24, 2.45) is 5.73 Å². The van der Waals surface area contributed by atoms with Gasteiger partial charge in [0.2, 0.25) is 0 Å². The predicted octanol–water partition coefficient (Wildman–Crippen LogP) is 1.35. The zero-order chi connectivity index (χ0) is 9.26. The van der Waals surface area contributed by atoms with Crippen LogP contribution in [0.5, 0.6) is 0 Å². The molecule has 2 N–H and O–H groups in total. The molecule has 6 heteroatoms. The Labute approximate surface area is 83.6 Å². The van der Waals surface area contributed by atoms with Gasteiger partial charge in [-0.15, -0.1) is 16.4 Å². The summed E-state index contributed by atoms with van der Waals surface area (Å²) in [6.45, 7) is 1.96. The van der Waals surface area contributed by atoms with Crippen LogP contribution in [0.25, 0.3) is 0 Å². The summed E-state index contributed by atoms with van der Waals surface area (Å²) in [6, 6.07) is -0.176. The molecular formula is C7H8N4S2. The summed E-state index contributed by atoms with van der Waals surface area (Å²) in [5.74, 6) is 0. The van der Waals surface area contributed by atoms with Gasteiger partial charge >= 0.3 is 0 Å². The summed E-state index contributed by atoms with van der Waals surface area (Å²) in [7, 11) is 0. The summed E-state index contributed by atoms with van der Waals surface area (Å²) < 4.78 is 3.76. The maximum atomic E-state index is 5.95. The molecule has 4 nitrogen and oxygen atoms in total. The molecule has 0 aliphatic heterocycles. The van der Waals surface area contributed by atoms with Crippen molar-refractivity contribution < 1.29 is 0 Å². The second-order valence-electron chi connectivity index (χ2n) is 2.59. The third kappa shape index (κ3) is 1.74. The van der Waals surface area contributed by atoms with Crippen LogP contribution in [0.15, 0.2) is 11.6 Å². The molecule has 0 saturated heterocycles. The van der Waals surface area contributed by atoms with Gasteiger partial charge in [-0.25, -0.2) is 4.98 Å². The molecule has 0 amide bonds. The molecule has 0 aliphatic rings. The summed E-state index contributed by atoms with van der Waals surface area (Å²) in [5.41, 5.74) is 6.85. The molecule has 2 aromatic rings. The van der Waals surface area contributed by atoms with E-state index in [9.17, 15) is 0 Å². The Morgan fingerprint density at radius 2 is 2.38 bits per heavy atom. The van der Waals surface area contributed by atoms with Crippen molar-refractivity contribution in [3.63, 3.8) is 0 Å². The van der Waals surface area contributed by atoms with Crippen molar-refractivity contribution in [3.8, 4) is 0 Å². The van der Waals surface area contributed by atoms with Crippen LogP contribution in [0.4, 0.5) is 0 Å². The summed E-state index contributed by atoms with van der Waals surface area (Å²) in [5, 5.41) is 6.74. The Kier molecular flexibility index (Phi) is 2.34. The number of aryl methyl sites for hydroxylation is 1. The smallest absolute Gasteiger partial charge is 0.0898 e. The van der Waals surface area contributed by atoms with Crippen LogP contribution in [0.1, 0.15) is 21.6 Å². The van der Waals surface area contributed by atoms with E-state index < -0.39 is 0 Å². The lowest BCUT2D eigenvalue weighted by Crippen LogP contribution is -2.10. The van der Waals surface area contributed by atoms with Crippen molar-refractivity contribution in [1.82, 2.24) is 14.6 Å². The number of rotatable bonds is 2. The van der Waals surface area contributed by atoms with Gasteiger partial charge in [0.25, 0.3) is 0 Å². The second-order valence-corrected chi connectivity index (χ2v) is 4.47. The van der Waals surface area contributed by atoms with Crippen LogP contribution < -0.4 is 5.73 Å². The monoisotopic (exact) mass is 212 g/mol. The number of nitrogens with two attached hydrogens (primary N) is 1. The van der Waals surface area contributed by atoms with E-state index in [-0.39, 0.29) is 6.04 Å². The molecule has 2 heterocycles. The lowest BCUT2D eigenvalue weighted by molar-refractivity contribution is 0.849. The molecule has 13 heavy (non-hydrogen) atoms. The van der Waals surface area contributed by atoms with Gasteiger partial charge in [-0.05, 0) is 18.5 Å². The van der Waals surface area contributed by atoms with E-state index in [1.165, 1.54) is 11.5 Å². The van der Waals surface area contributed by atoms with Crippen LogP contribution in [-0.4, -0.2) is 14.6 Å². The molecule has 1 unspecified atom stereocenters. The highest BCUT2D eigenvalue weighted by atomic mass is 32.1. The Balaban J connectivity index is 2.28. The third-order valence-corrected chi connectivity index (χ3v) is 3.18. The number of hydrogen-bond donors (Lipinski definition) is 1. The molecule has 0 saturated carbocycles. The van der Waals surface area contributed by atoms with Gasteiger partial charge in [-0.1, -0.05) is 4.49 Å². The predicted molar refractivity (Wildman–Crippen MR) is 52.8 cm³/mol. The van der Waals surface area contributed by atoms with Gasteiger partial charge in [-0.2, -0.15) is 0 Å². The van der Waals surface area contributed by atoms with Crippen LogP contribution in [0, 0.1) is 6.92 Å². The number of thiazole rings is 1. The maximum Gasteiger partial charge on any atom is 0.0898 e. The minimum absolute atomic E-state index is 0.176. The van der Waals surface area contributed by atoms with Crippen molar-refractivity contribution in [2.45, 2.75) is 13.0 Å². The van der Waals surface area contributed by atoms with E-state index in [2.05, 4.69) is 14.6 Å². The Morgan fingerprint density at radius 1 is 1.54 bits per heavy atom. The fourth-order valence-electron chi connectivity index (χ4n) is 0.981. The van der Waals surface area contributed by atoms with Gasteiger partial charge in [0.05, 0.1) is 27.8 Å². The minimum atomic E-state index is -0.176. The summed E-state index contributed by atoms with van der Waals surface area (Å²) >= 11 is 2.92. The first-order chi connectivity index (χ1) is 6.27. The molecule has 2 aromatic heterocycles. The van der Waals surface area contributed by atoms with Gasteiger partial charge in [0, 0.05) is 5.38 Å². The molecular weight excluding hydrogens is 204 g/mol. The van der Waals surface area contributed by atoms with Gasteiger partial charge in [-0.3, -0.25) is 0 Å². The fourth-order valence-corrected chi connectivity index (χ4v) is 2.15. The lowest BCUT2D eigenvalue weighted by Gasteiger charge is -2.02. The van der Waals surface area contributed by atoms with Gasteiger partial charge in [0.1, 0.15) is 0 Å². The van der Waals surface area contributed by atoms with Crippen LogP contribution in [-0.2, 0) is 0 Å². The lowest BCUT2D eigenvalue weighted by atomic mass is 10.2. The van der Waals surface area contributed by atoms with E-state index in [1.807, 2.05) is 12.3 Å². The average molecular weight is 212 g/mol. The quantitative estimate of drug-likeness (QED) is 0.816. The molecule has 0 radical (unpaired) electrons. The van der Waals surface area contributed by atoms with Gasteiger partial charge in [0.15, 0.2) is 0 Å². The van der Waals surface area contributed by atoms with Crippen LogP contribution in [0.2, 0.25) is 0 Å². The maximum absolute atomic E-state index is 5.95. The van der Waals surface area contributed by atoms with E-state index in [1.54, 1.807) is 17.5 Å². The third-order valence-electron chi connectivity index (χ3n) is 1.64. The Morgan fingerprint density at radius 3 is 2.92 bits per heavy atom. The molecule has 2 rings (SSSR count). The Bertz CT molecular complexity index is 381. The standard InChI is InChI=1S/C7H8N4S2/c1-4-10-5(3-12-4)7(8)6-2-9-11-13-6/h2-3,7H,8H2,1H3. The first-order valence-corrected chi connectivity index (χ1v) is 5.37. The number of aromatic nitrogens is 3. The van der Waals surface area contributed by atoms with Crippen molar-refractivity contribution in [2.75, 3.05) is 0 Å². The molecule has 0 bridgehead atoms. The minimum Gasteiger partial charge on any atom is -0.318 e. The highest BCUT2D eigenvalue weighted by molar-refractivity contribution is 7.09. The highest BCUT2D eigenvalue weighted by Gasteiger charge is 2.13. The van der Waals surface area contributed by atoms with Crippen molar-refractivity contribution >= 4 is 22.9 Å². The molecule has 1 atom stereocenters. The summed E-state index contributed by atoms with van der Waals surface area (Å²) in [6.07, 6.45) is 1.68. The number of nitrogens with zero attached hydrogens (tertiary/aromatic N) is 3. The zero-order valence-electron chi connectivity index (χ0n) is 6.97. The summed E-state index contributed by atoms with van der Waals surface area (Å²) in [4.78, 5) is 5.26. The van der Waals surface area contributed by atoms with E-state index in [0.717, 1.165) is 15.6 Å². The Hall–Kier alpha value is -0.850. The topological polar surface area (TPSA) is 64.7 Å². The largest absolute Gasteiger partial charge is 0.318 e. The van der Waals surface area contributed by atoms with E-state index >= 15 is 0 Å². The molecule has 0 aliphatic carbocycles. The van der Waals surface area contributed by atoms with Gasteiger partial charge < -0.3 is 5.73 Å². The second kappa shape index (κ2) is 3.49. The molecule has 0 fully saturated rings. The van der Waals surface area contributed by atoms with Crippen LogP contribution in [0.3, 0.4) is 0 Å². The molecule has 0 aromatic carbocycles. The molecule has 0 spiro atoms. The van der Waals surface area contributed by atoms with Crippen molar-refractivity contribution in [1.29, 1.82) is 0 Å². The number of hydrogen-bond acceptors (Lipinski definition) is 6. The van der Waals surface area contributed by atoms with E-state index in [4.69, 9.17) is 5.73 Å². The normalized spacial score (nSPS) is 13.1. The van der Waals surface area contributed by atoms with E-state index in [0.29, 0.717) is 0 Å². The van der Waals surface area contributed by atoms with Crippen molar-refractivity contribution in [3.05, 3.63) is 27.2 Å². The first kappa shape index (κ1) is 8.74. The molecule has 68 valence electrons. The SMILES string of the molecule is Cc1nc(C(N)c2cnns2)cs1. The average Bonchev–Trinajstić information content (AvgIpc) is 2.72. The van der Waals surface area contributed by atoms with Crippen LogP contribution >= 0.6 is 22.9 Å². The highest BCUT2D eigenvalue weighted by Crippen LogP contribution is 2.22. The zero-order valence-corrected chi connectivity index (χ0v) is 8.60. The fraction of sp³-hybridized carbons (Fsp3) is 0.286.